The standard InChI is InChI=1S/C18H16Cl2N2O4/c1-10(23)25-8-11-5-12(19)6-15(20)14(11)7-17(24)22-16-9-26-18-13(16)3-2-4-21-18/h2-6,16H,7-9H2,1H3,(H,22,24). The molecule has 136 valence electrons. The number of rotatable bonds is 5. The molecule has 0 saturated heterocycles. The van der Waals surface area contributed by atoms with Gasteiger partial charge in [-0.1, -0.05) is 23.2 Å². The van der Waals surface area contributed by atoms with Crippen molar-refractivity contribution < 1.29 is 19.1 Å². The number of carbonyl (C=O) groups excluding carboxylic acids is 2. The lowest BCUT2D eigenvalue weighted by Crippen LogP contribution is -2.31. The van der Waals surface area contributed by atoms with Crippen LogP contribution in [-0.2, 0) is 27.4 Å². The molecule has 0 saturated carbocycles. The fourth-order valence-electron chi connectivity index (χ4n) is 2.73. The maximum absolute atomic E-state index is 12.5. The molecule has 1 amide bonds. The van der Waals surface area contributed by atoms with E-state index in [1.807, 2.05) is 6.07 Å². The number of esters is 1. The van der Waals surface area contributed by atoms with E-state index >= 15 is 0 Å². The largest absolute Gasteiger partial charge is 0.475 e. The first-order valence-electron chi connectivity index (χ1n) is 7.91. The van der Waals surface area contributed by atoms with Gasteiger partial charge in [0.1, 0.15) is 13.2 Å². The highest BCUT2D eigenvalue weighted by molar-refractivity contribution is 6.35. The van der Waals surface area contributed by atoms with Crippen molar-refractivity contribution in [1.82, 2.24) is 10.3 Å². The van der Waals surface area contributed by atoms with Crippen LogP contribution in [0.3, 0.4) is 0 Å². The lowest BCUT2D eigenvalue weighted by atomic mass is 10.0. The van der Waals surface area contributed by atoms with Gasteiger partial charge in [0.15, 0.2) is 0 Å². The van der Waals surface area contributed by atoms with Gasteiger partial charge in [-0.15, -0.1) is 0 Å². The third kappa shape index (κ3) is 4.26. The summed E-state index contributed by atoms with van der Waals surface area (Å²) in [7, 11) is 0. The molecule has 26 heavy (non-hydrogen) atoms. The summed E-state index contributed by atoms with van der Waals surface area (Å²) >= 11 is 12.3. The molecule has 1 atom stereocenters. The first-order valence-corrected chi connectivity index (χ1v) is 8.67. The van der Waals surface area contributed by atoms with E-state index < -0.39 is 5.97 Å². The number of ether oxygens (including phenoxy) is 2. The van der Waals surface area contributed by atoms with Gasteiger partial charge < -0.3 is 14.8 Å². The van der Waals surface area contributed by atoms with Crippen LogP contribution in [0, 0.1) is 0 Å². The predicted octanol–water partition coefficient (Wildman–Crippen LogP) is 3.24. The van der Waals surface area contributed by atoms with Crippen molar-refractivity contribution >= 4 is 35.1 Å². The molecule has 1 aromatic carbocycles. The third-order valence-corrected chi connectivity index (χ3v) is 4.47. The average Bonchev–Trinajstić information content (AvgIpc) is 2.98. The topological polar surface area (TPSA) is 77.5 Å². The Labute approximate surface area is 160 Å². The van der Waals surface area contributed by atoms with Crippen LogP contribution in [-0.4, -0.2) is 23.5 Å². The van der Waals surface area contributed by atoms with Crippen LogP contribution in [0.25, 0.3) is 0 Å². The van der Waals surface area contributed by atoms with E-state index in [1.54, 1.807) is 24.4 Å². The Kier molecular flexibility index (Phi) is 5.64. The van der Waals surface area contributed by atoms with Gasteiger partial charge in [-0.05, 0) is 35.4 Å². The zero-order valence-corrected chi connectivity index (χ0v) is 15.4. The summed E-state index contributed by atoms with van der Waals surface area (Å²) in [6.07, 6.45) is 1.66. The molecule has 0 aliphatic carbocycles. The quantitative estimate of drug-likeness (QED) is 0.787. The first kappa shape index (κ1) is 18.5. The highest BCUT2D eigenvalue weighted by Gasteiger charge is 2.26. The number of aromatic nitrogens is 1. The van der Waals surface area contributed by atoms with Crippen molar-refractivity contribution in [3.63, 3.8) is 0 Å². The fraction of sp³-hybridized carbons (Fsp3) is 0.278. The van der Waals surface area contributed by atoms with Crippen LogP contribution >= 0.6 is 23.2 Å². The summed E-state index contributed by atoms with van der Waals surface area (Å²) in [5, 5.41) is 3.67. The Morgan fingerprint density at radius 1 is 1.38 bits per heavy atom. The van der Waals surface area contributed by atoms with Gasteiger partial charge in [-0.25, -0.2) is 4.98 Å². The van der Waals surface area contributed by atoms with Gasteiger partial charge in [-0.2, -0.15) is 0 Å². The zero-order chi connectivity index (χ0) is 18.7. The van der Waals surface area contributed by atoms with Crippen molar-refractivity contribution in [1.29, 1.82) is 0 Å². The summed E-state index contributed by atoms with van der Waals surface area (Å²) in [6, 6.07) is 6.58. The molecule has 0 spiro atoms. The minimum absolute atomic E-state index is 0.00246. The van der Waals surface area contributed by atoms with Crippen molar-refractivity contribution in [2.24, 2.45) is 0 Å². The lowest BCUT2D eigenvalue weighted by Gasteiger charge is -2.15. The molecule has 0 bridgehead atoms. The summed E-state index contributed by atoms with van der Waals surface area (Å²) in [5.74, 6) is -0.134. The molecule has 8 heteroatoms. The highest BCUT2D eigenvalue weighted by Crippen LogP contribution is 2.30. The van der Waals surface area contributed by atoms with Crippen LogP contribution in [0.2, 0.25) is 10.0 Å². The minimum Gasteiger partial charge on any atom is -0.475 e. The van der Waals surface area contributed by atoms with Crippen molar-refractivity contribution in [2.75, 3.05) is 6.61 Å². The van der Waals surface area contributed by atoms with E-state index in [1.165, 1.54) is 6.92 Å². The Bertz CT molecular complexity index is 857. The van der Waals surface area contributed by atoms with E-state index in [9.17, 15) is 9.59 Å². The summed E-state index contributed by atoms with van der Waals surface area (Å²) in [5.41, 5.74) is 2.00. The van der Waals surface area contributed by atoms with E-state index in [-0.39, 0.29) is 25.0 Å². The molecule has 0 radical (unpaired) electrons. The number of nitrogens with one attached hydrogen (secondary N) is 1. The van der Waals surface area contributed by atoms with E-state index in [2.05, 4.69) is 10.3 Å². The number of hydrogen-bond donors (Lipinski definition) is 1. The van der Waals surface area contributed by atoms with Crippen LogP contribution in [0.4, 0.5) is 0 Å². The Balaban J connectivity index is 1.74. The second-order valence-electron chi connectivity index (χ2n) is 5.81. The van der Waals surface area contributed by atoms with Crippen LogP contribution < -0.4 is 10.1 Å². The monoisotopic (exact) mass is 394 g/mol. The van der Waals surface area contributed by atoms with Gasteiger partial charge in [0.25, 0.3) is 0 Å². The molecule has 0 fully saturated rings. The average molecular weight is 395 g/mol. The van der Waals surface area contributed by atoms with E-state index in [0.29, 0.717) is 33.7 Å². The van der Waals surface area contributed by atoms with E-state index in [4.69, 9.17) is 32.7 Å². The summed E-state index contributed by atoms with van der Waals surface area (Å²) in [4.78, 5) is 27.7. The van der Waals surface area contributed by atoms with E-state index in [0.717, 1.165) is 5.56 Å². The Hall–Kier alpha value is -2.31. The molecule has 2 aromatic rings. The van der Waals surface area contributed by atoms with Crippen molar-refractivity contribution in [3.05, 3.63) is 57.2 Å². The molecular formula is C18H16Cl2N2O4. The summed E-state index contributed by atoms with van der Waals surface area (Å²) in [6.45, 7) is 1.63. The summed E-state index contributed by atoms with van der Waals surface area (Å²) < 4.78 is 10.5. The normalized spacial score (nSPS) is 15.1. The highest BCUT2D eigenvalue weighted by atomic mass is 35.5. The number of hydrogen-bond acceptors (Lipinski definition) is 5. The smallest absolute Gasteiger partial charge is 0.302 e. The zero-order valence-electron chi connectivity index (χ0n) is 13.9. The van der Waals surface area contributed by atoms with Crippen molar-refractivity contribution in [2.45, 2.75) is 26.0 Å². The molecule has 1 aliphatic heterocycles. The lowest BCUT2D eigenvalue weighted by molar-refractivity contribution is -0.142. The maximum atomic E-state index is 12.5. The van der Waals surface area contributed by atoms with Gasteiger partial charge in [0, 0.05) is 28.7 Å². The third-order valence-electron chi connectivity index (χ3n) is 3.92. The number of nitrogens with zero attached hydrogens (tertiary/aromatic N) is 1. The molecule has 2 heterocycles. The number of halogens is 2. The molecule has 3 rings (SSSR count). The molecule has 1 unspecified atom stereocenters. The van der Waals surface area contributed by atoms with Gasteiger partial charge in [-0.3, -0.25) is 9.59 Å². The molecule has 6 nitrogen and oxygen atoms in total. The second-order valence-corrected chi connectivity index (χ2v) is 6.65. The fourth-order valence-corrected chi connectivity index (χ4v) is 3.33. The predicted molar refractivity (Wildman–Crippen MR) is 96.3 cm³/mol. The van der Waals surface area contributed by atoms with Gasteiger partial charge >= 0.3 is 5.97 Å². The van der Waals surface area contributed by atoms with Crippen LogP contribution in [0.15, 0.2) is 30.5 Å². The Morgan fingerprint density at radius 3 is 2.96 bits per heavy atom. The molecular weight excluding hydrogens is 379 g/mol. The number of benzene rings is 1. The van der Waals surface area contributed by atoms with Crippen LogP contribution in [0.1, 0.15) is 29.7 Å². The van der Waals surface area contributed by atoms with Gasteiger partial charge in [0.2, 0.25) is 11.8 Å². The number of carbonyl (C=O) groups is 2. The van der Waals surface area contributed by atoms with Gasteiger partial charge in [0.05, 0.1) is 12.5 Å². The Morgan fingerprint density at radius 2 is 2.19 bits per heavy atom. The maximum Gasteiger partial charge on any atom is 0.302 e. The molecule has 1 aromatic heterocycles. The SMILES string of the molecule is CC(=O)OCc1cc(Cl)cc(Cl)c1CC(=O)NC1COc2ncccc21. The van der Waals surface area contributed by atoms with Crippen molar-refractivity contribution in [3.8, 4) is 5.88 Å². The molecule has 1 N–H and O–H groups in total. The first-order chi connectivity index (χ1) is 12.4. The van der Waals surface area contributed by atoms with Crippen LogP contribution in [0.5, 0.6) is 5.88 Å². The minimum atomic E-state index is -0.427. The number of pyridine rings is 1. The molecule has 1 aliphatic rings. The number of amides is 1. The number of fused-ring (bicyclic) bond motifs is 1. The second kappa shape index (κ2) is 7.93.